The first-order valence-corrected chi connectivity index (χ1v) is 9.49. The van der Waals surface area contributed by atoms with Crippen LogP contribution in [0.25, 0.3) is 0 Å². The Bertz CT molecular complexity index is 306. The molecule has 0 atom stereocenters. The number of rotatable bonds is 11. The molecule has 0 aromatic heterocycles. The van der Waals surface area contributed by atoms with E-state index < -0.39 is 0 Å². The number of ether oxygens (including phenoxy) is 2. The van der Waals surface area contributed by atoms with Gasteiger partial charge in [0.05, 0.1) is 13.2 Å². The molecule has 1 saturated heterocycles. The first kappa shape index (κ1) is 20.4. The van der Waals surface area contributed by atoms with E-state index in [0.717, 1.165) is 39.1 Å². The van der Waals surface area contributed by atoms with Gasteiger partial charge in [-0.05, 0) is 40.2 Å². The Kier molecular flexibility index (Phi) is 10.5. The summed E-state index contributed by atoms with van der Waals surface area (Å²) in [5.74, 6) is -0.0550. The zero-order chi connectivity index (χ0) is 17.0. The molecule has 0 saturated carbocycles. The van der Waals surface area contributed by atoms with Crippen LogP contribution in [0.2, 0.25) is 0 Å². The third kappa shape index (κ3) is 12.5. The van der Waals surface area contributed by atoms with Gasteiger partial charge in [-0.15, -0.1) is 0 Å². The van der Waals surface area contributed by atoms with Gasteiger partial charge in [0.2, 0.25) is 0 Å². The molecule has 1 aliphatic rings. The predicted molar refractivity (Wildman–Crippen MR) is 94.7 cm³/mol. The van der Waals surface area contributed by atoms with Crippen LogP contribution in [0, 0.1) is 0 Å². The molecule has 0 spiro atoms. The lowest BCUT2D eigenvalue weighted by atomic mass is 10.1. The first-order valence-electron chi connectivity index (χ1n) is 9.49. The summed E-state index contributed by atoms with van der Waals surface area (Å²) in [5.41, 5.74) is -0.349. The van der Waals surface area contributed by atoms with Crippen molar-refractivity contribution in [3.8, 4) is 0 Å². The van der Waals surface area contributed by atoms with Crippen LogP contribution in [0.4, 0.5) is 0 Å². The van der Waals surface area contributed by atoms with E-state index in [-0.39, 0.29) is 11.6 Å². The van der Waals surface area contributed by atoms with Crippen molar-refractivity contribution in [2.24, 2.45) is 0 Å². The van der Waals surface area contributed by atoms with Gasteiger partial charge in [-0.1, -0.05) is 38.5 Å². The quantitative estimate of drug-likeness (QED) is 0.422. The fourth-order valence-corrected chi connectivity index (χ4v) is 2.88. The molecule has 1 heterocycles. The molecule has 0 aliphatic carbocycles. The third-order valence-electron chi connectivity index (χ3n) is 4.13. The lowest BCUT2D eigenvalue weighted by Gasteiger charge is -2.26. The topological polar surface area (TPSA) is 38.8 Å². The van der Waals surface area contributed by atoms with Gasteiger partial charge in [-0.3, -0.25) is 9.69 Å². The number of carbonyl (C=O) groups is 1. The molecule has 1 rings (SSSR count). The average Bonchev–Trinajstić information content (AvgIpc) is 2.48. The van der Waals surface area contributed by atoms with Gasteiger partial charge < -0.3 is 9.47 Å². The van der Waals surface area contributed by atoms with Gasteiger partial charge in [0, 0.05) is 19.5 Å². The molecule has 1 aliphatic heterocycles. The largest absolute Gasteiger partial charge is 0.460 e. The molecule has 23 heavy (non-hydrogen) atoms. The molecule has 1 fully saturated rings. The number of hydrogen-bond donors (Lipinski definition) is 0. The number of unbranched alkanes of at least 4 members (excludes halogenated alkanes) is 7. The molecule has 4 nitrogen and oxygen atoms in total. The maximum absolute atomic E-state index is 11.6. The van der Waals surface area contributed by atoms with Crippen molar-refractivity contribution in [3.63, 3.8) is 0 Å². The summed E-state index contributed by atoms with van der Waals surface area (Å²) in [4.78, 5) is 14.1. The SMILES string of the molecule is CC(C)(C)OC(=O)CCCCCCCCCCN1CCOCC1. The van der Waals surface area contributed by atoms with Crippen molar-refractivity contribution >= 4 is 5.97 Å². The number of carbonyl (C=O) groups excluding carboxylic acids is 1. The summed E-state index contributed by atoms with van der Waals surface area (Å²) >= 11 is 0. The smallest absolute Gasteiger partial charge is 0.306 e. The summed E-state index contributed by atoms with van der Waals surface area (Å²) in [5, 5.41) is 0. The van der Waals surface area contributed by atoms with Crippen molar-refractivity contribution in [1.82, 2.24) is 4.90 Å². The molecule has 0 N–H and O–H groups in total. The van der Waals surface area contributed by atoms with Crippen LogP contribution in [0.1, 0.15) is 78.6 Å². The van der Waals surface area contributed by atoms with Crippen LogP contribution in [-0.2, 0) is 14.3 Å². The molecular weight excluding hydrogens is 290 g/mol. The highest BCUT2D eigenvalue weighted by atomic mass is 16.6. The Morgan fingerprint density at radius 1 is 0.913 bits per heavy atom. The predicted octanol–water partition coefficient (Wildman–Crippen LogP) is 4.17. The van der Waals surface area contributed by atoms with E-state index >= 15 is 0 Å². The van der Waals surface area contributed by atoms with Gasteiger partial charge in [0.25, 0.3) is 0 Å². The van der Waals surface area contributed by atoms with Gasteiger partial charge in [-0.25, -0.2) is 0 Å². The minimum absolute atomic E-state index is 0.0550. The maximum Gasteiger partial charge on any atom is 0.306 e. The second-order valence-electron chi connectivity index (χ2n) is 7.62. The van der Waals surface area contributed by atoms with Gasteiger partial charge in [0.15, 0.2) is 0 Å². The van der Waals surface area contributed by atoms with Crippen molar-refractivity contribution in [2.75, 3.05) is 32.8 Å². The highest BCUT2D eigenvalue weighted by Gasteiger charge is 2.15. The molecule has 0 aromatic rings. The fraction of sp³-hybridized carbons (Fsp3) is 0.947. The Morgan fingerprint density at radius 3 is 2.00 bits per heavy atom. The lowest BCUT2D eigenvalue weighted by molar-refractivity contribution is -0.154. The van der Waals surface area contributed by atoms with Crippen LogP contribution in [0.3, 0.4) is 0 Å². The molecule has 136 valence electrons. The maximum atomic E-state index is 11.6. The highest BCUT2D eigenvalue weighted by molar-refractivity contribution is 5.69. The zero-order valence-electron chi connectivity index (χ0n) is 15.6. The Hall–Kier alpha value is -0.610. The summed E-state index contributed by atoms with van der Waals surface area (Å²) < 4.78 is 10.7. The summed E-state index contributed by atoms with van der Waals surface area (Å²) in [7, 11) is 0. The Labute approximate surface area is 142 Å². The first-order chi connectivity index (χ1) is 11.0. The number of morpholine rings is 1. The van der Waals surface area contributed by atoms with Gasteiger partial charge >= 0.3 is 5.97 Å². The molecule has 0 unspecified atom stereocenters. The van der Waals surface area contributed by atoms with Crippen LogP contribution in [-0.4, -0.2) is 49.3 Å². The third-order valence-corrected chi connectivity index (χ3v) is 4.13. The van der Waals surface area contributed by atoms with Gasteiger partial charge in [-0.2, -0.15) is 0 Å². The zero-order valence-corrected chi connectivity index (χ0v) is 15.6. The highest BCUT2D eigenvalue weighted by Crippen LogP contribution is 2.13. The van der Waals surface area contributed by atoms with E-state index in [4.69, 9.17) is 9.47 Å². The number of esters is 1. The van der Waals surface area contributed by atoms with Crippen molar-refractivity contribution in [3.05, 3.63) is 0 Å². The van der Waals surface area contributed by atoms with Crippen LogP contribution in [0.15, 0.2) is 0 Å². The average molecular weight is 328 g/mol. The van der Waals surface area contributed by atoms with E-state index in [1.54, 1.807) is 0 Å². The van der Waals surface area contributed by atoms with Gasteiger partial charge in [0.1, 0.15) is 5.60 Å². The van der Waals surface area contributed by atoms with Crippen molar-refractivity contribution in [1.29, 1.82) is 0 Å². The van der Waals surface area contributed by atoms with E-state index in [9.17, 15) is 4.79 Å². The summed E-state index contributed by atoms with van der Waals surface area (Å²) in [6, 6.07) is 0. The van der Waals surface area contributed by atoms with Crippen LogP contribution < -0.4 is 0 Å². The van der Waals surface area contributed by atoms with Crippen LogP contribution in [0.5, 0.6) is 0 Å². The molecule has 0 bridgehead atoms. The summed E-state index contributed by atoms with van der Waals surface area (Å²) in [6.07, 6.45) is 10.5. The van der Waals surface area contributed by atoms with E-state index in [2.05, 4.69) is 4.90 Å². The number of hydrogen-bond acceptors (Lipinski definition) is 4. The monoisotopic (exact) mass is 327 g/mol. The summed E-state index contributed by atoms with van der Waals surface area (Å²) in [6.45, 7) is 11.0. The second-order valence-corrected chi connectivity index (χ2v) is 7.62. The van der Waals surface area contributed by atoms with E-state index in [0.29, 0.717) is 6.42 Å². The molecular formula is C19H37NO3. The molecule has 0 aromatic carbocycles. The molecule has 4 heteroatoms. The second kappa shape index (κ2) is 11.9. The lowest BCUT2D eigenvalue weighted by Crippen LogP contribution is -2.36. The fourth-order valence-electron chi connectivity index (χ4n) is 2.88. The molecule has 0 radical (unpaired) electrons. The minimum atomic E-state index is -0.349. The minimum Gasteiger partial charge on any atom is -0.460 e. The van der Waals surface area contributed by atoms with Crippen LogP contribution >= 0.6 is 0 Å². The van der Waals surface area contributed by atoms with E-state index in [1.807, 2.05) is 20.8 Å². The number of nitrogens with zero attached hydrogens (tertiary/aromatic N) is 1. The standard InChI is InChI=1S/C19H37NO3/c1-19(2,3)23-18(21)12-10-8-6-4-5-7-9-11-13-20-14-16-22-17-15-20/h4-17H2,1-3H3. The van der Waals surface area contributed by atoms with E-state index in [1.165, 1.54) is 45.1 Å². The Balaban J connectivity index is 1.80. The Morgan fingerprint density at radius 2 is 1.43 bits per heavy atom. The molecule has 0 amide bonds. The van der Waals surface area contributed by atoms with Crippen molar-refractivity contribution < 1.29 is 14.3 Å². The van der Waals surface area contributed by atoms with Crippen molar-refractivity contribution in [2.45, 2.75) is 84.2 Å². The normalized spacial score (nSPS) is 16.5.